The van der Waals surface area contributed by atoms with Crippen molar-refractivity contribution in [1.29, 1.82) is 0 Å². The number of nitrogens with zero attached hydrogens (tertiary/aromatic N) is 2. The molecule has 1 aliphatic rings. The Morgan fingerprint density at radius 2 is 1.47 bits per heavy atom. The molecular formula is C37H41N3O6S. The van der Waals surface area contributed by atoms with Crippen LogP contribution in [0.5, 0.6) is 11.5 Å². The van der Waals surface area contributed by atoms with Crippen molar-refractivity contribution in [2.75, 3.05) is 30.6 Å². The number of fused-ring (bicyclic) bond motifs is 1. The number of rotatable bonds is 13. The minimum Gasteiger partial charge on any atom is -0.486 e. The van der Waals surface area contributed by atoms with E-state index >= 15 is 0 Å². The van der Waals surface area contributed by atoms with E-state index in [9.17, 15) is 18.0 Å². The number of hydrogen-bond acceptors (Lipinski definition) is 6. The number of nitrogens with one attached hydrogen (secondary N) is 1. The first-order valence-electron chi connectivity index (χ1n) is 15.8. The smallest absolute Gasteiger partial charge is 0.264 e. The van der Waals surface area contributed by atoms with Crippen LogP contribution in [-0.4, -0.2) is 57.5 Å². The number of anilines is 1. The first-order valence-corrected chi connectivity index (χ1v) is 17.2. The van der Waals surface area contributed by atoms with E-state index in [0.29, 0.717) is 31.3 Å². The summed E-state index contributed by atoms with van der Waals surface area (Å²) < 4.78 is 41.0. The summed E-state index contributed by atoms with van der Waals surface area (Å²) in [6.07, 6.45) is 0.248. The number of carbonyl (C=O) groups is 2. The van der Waals surface area contributed by atoms with Gasteiger partial charge in [-0.1, -0.05) is 86.6 Å². The van der Waals surface area contributed by atoms with Gasteiger partial charge in [-0.3, -0.25) is 13.9 Å². The molecule has 0 aromatic heterocycles. The maximum Gasteiger partial charge on any atom is 0.264 e. The van der Waals surface area contributed by atoms with E-state index in [-0.39, 0.29) is 35.4 Å². The van der Waals surface area contributed by atoms with Crippen LogP contribution in [0.3, 0.4) is 0 Å². The Kier molecular flexibility index (Phi) is 10.8. The molecule has 4 aromatic rings. The Hall–Kier alpha value is -4.83. The molecule has 4 aromatic carbocycles. The molecule has 9 nitrogen and oxygen atoms in total. The van der Waals surface area contributed by atoms with Gasteiger partial charge in [0.2, 0.25) is 11.8 Å². The fourth-order valence-electron chi connectivity index (χ4n) is 5.38. The lowest BCUT2D eigenvalue weighted by molar-refractivity contribution is -0.140. The molecule has 2 amide bonds. The van der Waals surface area contributed by atoms with Gasteiger partial charge in [0.05, 0.1) is 10.6 Å². The van der Waals surface area contributed by atoms with Crippen molar-refractivity contribution < 1.29 is 27.5 Å². The van der Waals surface area contributed by atoms with Crippen LogP contribution in [0.4, 0.5) is 5.69 Å². The SMILES string of the molecule is Cc1ccccc1CN(C(=O)CN(c1ccc2c(c1)OCCO2)S(=O)(=O)c1ccccc1)[C@@H](Cc1ccccc1)C(=O)NCC(C)C. The molecule has 0 radical (unpaired) electrons. The fraction of sp³-hybridized carbons (Fsp3) is 0.297. The number of aryl methyl sites for hydroxylation is 1. The quantitative estimate of drug-likeness (QED) is 0.208. The van der Waals surface area contributed by atoms with Crippen LogP contribution in [-0.2, 0) is 32.6 Å². The van der Waals surface area contributed by atoms with Crippen LogP contribution in [0.15, 0.2) is 108 Å². The topological polar surface area (TPSA) is 105 Å². The molecule has 246 valence electrons. The number of ether oxygens (including phenoxy) is 2. The highest BCUT2D eigenvalue weighted by atomic mass is 32.2. The minimum absolute atomic E-state index is 0.0312. The van der Waals surface area contributed by atoms with Crippen LogP contribution in [0.2, 0.25) is 0 Å². The predicted molar refractivity (Wildman–Crippen MR) is 182 cm³/mol. The van der Waals surface area contributed by atoms with Crippen molar-refractivity contribution in [1.82, 2.24) is 10.2 Å². The molecule has 47 heavy (non-hydrogen) atoms. The number of hydrogen-bond donors (Lipinski definition) is 1. The fourth-order valence-corrected chi connectivity index (χ4v) is 6.81. The Morgan fingerprint density at radius 3 is 2.15 bits per heavy atom. The molecule has 0 fully saturated rings. The highest BCUT2D eigenvalue weighted by molar-refractivity contribution is 7.92. The molecular weight excluding hydrogens is 614 g/mol. The first kappa shape index (κ1) is 33.5. The second-order valence-corrected chi connectivity index (χ2v) is 13.8. The van der Waals surface area contributed by atoms with Crippen LogP contribution >= 0.6 is 0 Å². The van der Waals surface area contributed by atoms with E-state index in [1.807, 2.05) is 75.4 Å². The van der Waals surface area contributed by atoms with Gasteiger partial charge in [0.15, 0.2) is 11.5 Å². The van der Waals surface area contributed by atoms with E-state index in [4.69, 9.17) is 9.47 Å². The summed E-state index contributed by atoms with van der Waals surface area (Å²) in [5.41, 5.74) is 2.92. The van der Waals surface area contributed by atoms with Gasteiger partial charge in [-0.2, -0.15) is 0 Å². The van der Waals surface area contributed by atoms with Crippen LogP contribution < -0.4 is 19.1 Å². The van der Waals surface area contributed by atoms with Crippen molar-refractivity contribution in [2.45, 2.75) is 44.7 Å². The number of amides is 2. The number of benzene rings is 4. The van der Waals surface area contributed by atoms with Gasteiger partial charge in [0.25, 0.3) is 10.0 Å². The third-order valence-corrected chi connectivity index (χ3v) is 9.77. The molecule has 0 aliphatic carbocycles. The predicted octanol–water partition coefficient (Wildman–Crippen LogP) is 5.37. The third kappa shape index (κ3) is 8.31. The van der Waals surface area contributed by atoms with Gasteiger partial charge in [-0.15, -0.1) is 0 Å². The average molecular weight is 656 g/mol. The highest BCUT2D eigenvalue weighted by Crippen LogP contribution is 2.36. The zero-order valence-corrected chi connectivity index (χ0v) is 27.8. The van der Waals surface area contributed by atoms with Gasteiger partial charge >= 0.3 is 0 Å². The normalized spacial score (nSPS) is 13.1. The minimum atomic E-state index is -4.23. The van der Waals surface area contributed by atoms with E-state index < -0.39 is 28.5 Å². The lowest BCUT2D eigenvalue weighted by Gasteiger charge is -2.34. The number of carbonyl (C=O) groups excluding carboxylic acids is 2. The van der Waals surface area contributed by atoms with Crippen LogP contribution in [0.25, 0.3) is 0 Å². The standard InChI is InChI=1S/C37H41N3O6S/c1-27(2)24-38-37(42)33(22-29-13-6-4-7-14-29)39(25-30-15-11-10-12-28(30)3)36(41)26-40(47(43,44)32-16-8-5-9-17-32)31-18-19-34-35(23-31)46-21-20-45-34/h4-19,23,27,33H,20-22,24-26H2,1-3H3,(H,38,42)/t33-/m0/s1. The van der Waals surface area contributed by atoms with Crippen LogP contribution in [0.1, 0.15) is 30.5 Å². The summed E-state index contributed by atoms with van der Waals surface area (Å²) in [5, 5.41) is 3.02. The summed E-state index contributed by atoms with van der Waals surface area (Å²) in [4.78, 5) is 30.1. The maximum absolute atomic E-state index is 14.7. The molecule has 0 saturated carbocycles. The molecule has 1 aliphatic heterocycles. The van der Waals surface area contributed by atoms with Crippen molar-refractivity contribution in [3.63, 3.8) is 0 Å². The number of sulfonamides is 1. The van der Waals surface area contributed by atoms with Crippen molar-refractivity contribution >= 4 is 27.5 Å². The lowest BCUT2D eigenvalue weighted by atomic mass is 10.0. The Bertz CT molecular complexity index is 1780. The summed E-state index contributed by atoms with van der Waals surface area (Å²) in [7, 11) is -4.23. The monoisotopic (exact) mass is 655 g/mol. The molecule has 0 spiro atoms. The van der Waals surface area contributed by atoms with E-state index in [0.717, 1.165) is 21.0 Å². The molecule has 1 atom stereocenters. The Labute approximate surface area is 277 Å². The average Bonchev–Trinajstić information content (AvgIpc) is 3.08. The lowest BCUT2D eigenvalue weighted by Crippen LogP contribution is -2.53. The largest absolute Gasteiger partial charge is 0.486 e. The Morgan fingerprint density at radius 1 is 0.830 bits per heavy atom. The highest BCUT2D eigenvalue weighted by Gasteiger charge is 2.35. The van der Waals surface area contributed by atoms with Gasteiger partial charge in [-0.25, -0.2) is 8.42 Å². The van der Waals surface area contributed by atoms with Gasteiger partial charge in [0.1, 0.15) is 25.8 Å². The molecule has 0 unspecified atom stereocenters. The molecule has 0 bridgehead atoms. The van der Waals surface area contributed by atoms with Gasteiger partial charge in [0, 0.05) is 25.6 Å². The van der Waals surface area contributed by atoms with E-state index in [1.165, 1.54) is 17.0 Å². The van der Waals surface area contributed by atoms with Gasteiger partial charge in [-0.05, 0) is 53.8 Å². The molecule has 0 saturated heterocycles. The van der Waals surface area contributed by atoms with Crippen molar-refractivity contribution in [2.24, 2.45) is 5.92 Å². The second-order valence-electron chi connectivity index (χ2n) is 11.9. The zero-order chi connectivity index (χ0) is 33.4. The van der Waals surface area contributed by atoms with Gasteiger partial charge < -0.3 is 19.7 Å². The van der Waals surface area contributed by atoms with E-state index in [2.05, 4.69) is 5.32 Å². The summed E-state index contributed by atoms with van der Waals surface area (Å²) >= 11 is 0. The molecule has 5 rings (SSSR count). The summed E-state index contributed by atoms with van der Waals surface area (Å²) in [6.45, 7) is 6.64. The maximum atomic E-state index is 14.7. The Balaban J connectivity index is 1.58. The third-order valence-electron chi connectivity index (χ3n) is 7.98. The van der Waals surface area contributed by atoms with Crippen molar-refractivity contribution in [3.05, 3.63) is 120 Å². The molecule has 1 N–H and O–H groups in total. The second kappa shape index (κ2) is 15.2. The molecule has 1 heterocycles. The van der Waals surface area contributed by atoms with E-state index in [1.54, 1.807) is 36.4 Å². The van der Waals surface area contributed by atoms with Crippen molar-refractivity contribution in [3.8, 4) is 11.5 Å². The zero-order valence-electron chi connectivity index (χ0n) is 27.0. The summed E-state index contributed by atoms with van der Waals surface area (Å²) in [5.74, 6) is 0.249. The first-order chi connectivity index (χ1) is 22.6. The summed E-state index contributed by atoms with van der Waals surface area (Å²) in [6, 6.07) is 29.1. The molecule has 10 heteroatoms. The van der Waals surface area contributed by atoms with Crippen LogP contribution in [0, 0.1) is 12.8 Å².